The predicted octanol–water partition coefficient (Wildman–Crippen LogP) is 2.93. The quantitative estimate of drug-likeness (QED) is 0.426. The van der Waals surface area contributed by atoms with Crippen LogP contribution >= 0.6 is 11.3 Å². The third-order valence-corrected chi connectivity index (χ3v) is 6.11. The van der Waals surface area contributed by atoms with E-state index in [1.165, 1.54) is 11.3 Å². The second-order valence-corrected chi connectivity index (χ2v) is 8.04. The lowest BCUT2D eigenvalue weighted by Gasteiger charge is -2.04. The maximum Gasteiger partial charge on any atom is 0.287 e. The first-order valence-electron chi connectivity index (χ1n) is 9.54. The van der Waals surface area contributed by atoms with Gasteiger partial charge in [-0.25, -0.2) is 4.98 Å². The van der Waals surface area contributed by atoms with Gasteiger partial charge in [-0.05, 0) is 26.8 Å². The Morgan fingerprint density at radius 3 is 2.42 bits per heavy atom. The van der Waals surface area contributed by atoms with E-state index in [0.717, 1.165) is 27.5 Å². The molecule has 4 aromatic rings. The smallest absolute Gasteiger partial charge is 0.272 e. The fraction of sp³-hybridized carbons (Fsp3) is 0.190. The molecule has 0 aliphatic carbocycles. The van der Waals surface area contributed by atoms with Crippen molar-refractivity contribution in [1.29, 1.82) is 0 Å². The summed E-state index contributed by atoms with van der Waals surface area (Å²) < 4.78 is 1.76. The zero-order valence-corrected chi connectivity index (χ0v) is 18.3. The standard InChI is InChI=1S/C21H21N7O2S/c1-11-17(13(3)28(4)27-11)15-10-16(24-23-15)19(29)25-26-20(30)18-12(2)22-21(31-18)14-8-6-5-7-9-14/h5-10H,1-4H3,(H,23,24)(H,25,29)(H,26,30). The molecular formula is C21H21N7O2S. The largest absolute Gasteiger partial charge is 0.287 e. The van der Waals surface area contributed by atoms with Crippen LogP contribution < -0.4 is 10.9 Å². The van der Waals surface area contributed by atoms with Gasteiger partial charge in [-0.3, -0.25) is 30.2 Å². The number of thiazole rings is 1. The van der Waals surface area contributed by atoms with Gasteiger partial charge in [0.15, 0.2) is 0 Å². The highest BCUT2D eigenvalue weighted by Crippen LogP contribution is 2.28. The number of aryl methyl sites for hydroxylation is 3. The van der Waals surface area contributed by atoms with Crippen molar-refractivity contribution in [1.82, 2.24) is 35.8 Å². The van der Waals surface area contributed by atoms with Crippen LogP contribution in [0.25, 0.3) is 21.8 Å². The Bertz CT molecular complexity index is 1270. The molecule has 0 saturated carbocycles. The number of nitrogens with one attached hydrogen (secondary N) is 3. The highest BCUT2D eigenvalue weighted by atomic mass is 32.1. The third kappa shape index (κ3) is 3.97. The molecule has 0 spiro atoms. The maximum absolute atomic E-state index is 12.6. The number of nitrogens with zero attached hydrogens (tertiary/aromatic N) is 4. The Hall–Kier alpha value is -3.79. The molecule has 3 heterocycles. The molecule has 31 heavy (non-hydrogen) atoms. The molecule has 0 bridgehead atoms. The van der Waals surface area contributed by atoms with Crippen LogP contribution in [0.15, 0.2) is 36.4 Å². The van der Waals surface area contributed by atoms with Gasteiger partial charge < -0.3 is 0 Å². The first-order chi connectivity index (χ1) is 14.8. The topological polar surface area (TPSA) is 118 Å². The number of benzene rings is 1. The van der Waals surface area contributed by atoms with Crippen LogP contribution in [0.4, 0.5) is 0 Å². The second kappa shape index (κ2) is 8.15. The van der Waals surface area contributed by atoms with Crippen molar-refractivity contribution in [2.75, 3.05) is 0 Å². The molecule has 4 rings (SSSR count). The monoisotopic (exact) mass is 435 g/mol. The van der Waals surface area contributed by atoms with Crippen molar-refractivity contribution in [2.24, 2.45) is 7.05 Å². The zero-order chi connectivity index (χ0) is 22.1. The molecule has 2 amide bonds. The summed E-state index contributed by atoms with van der Waals surface area (Å²) in [5.74, 6) is -0.930. The molecule has 1 aromatic carbocycles. The number of hydrogen-bond donors (Lipinski definition) is 3. The highest BCUT2D eigenvalue weighted by Gasteiger charge is 2.19. The maximum atomic E-state index is 12.6. The van der Waals surface area contributed by atoms with Crippen LogP contribution in [0.2, 0.25) is 0 Å². The second-order valence-electron chi connectivity index (χ2n) is 7.04. The van der Waals surface area contributed by atoms with Crippen molar-refractivity contribution in [3.05, 3.63) is 64.1 Å². The molecule has 158 valence electrons. The summed E-state index contributed by atoms with van der Waals surface area (Å²) in [4.78, 5) is 30.0. The molecule has 10 heteroatoms. The summed E-state index contributed by atoms with van der Waals surface area (Å²) >= 11 is 1.27. The lowest BCUT2D eigenvalue weighted by molar-refractivity contribution is 0.0845. The zero-order valence-electron chi connectivity index (χ0n) is 17.5. The first kappa shape index (κ1) is 20.5. The van der Waals surface area contributed by atoms with E-state index < -0.39 is 11.8 Å². The van der Waals surface area contributed by atoms with Gasteiger partial charge >= 0.3 is 0 Å². The van der Waals surface area contributed by atoms with E-state index in [2.05, 4.69) is 31.1 Å². The molecule has 0 radical (unpaired) electrons. The number of amides is 2. The number of H-pyrrole nitrogens is 1. The minimum Gasteiger partial charge on any atom is -0.272 e. The summed E-state index contributed by atoms with van der Waals surface area (Å²) in [6.45, 7) is 5.59. The van der Waals surface area contributed by atoms with Gasteiger partial charge in [-0.1, -0.05) is 30.3 Å². The van der Waals surface area contributed by atoms with E-state index in [0.29, 0.717) is 16.3 Å². The molecule has 9 nitrogen and oxygen atoms in total. The number of aromatic amines is 1. The number of hydrogen-bond acceptors (Lipinski definition) is 6. The van der Waals surface area contributed by atoms with Crippen molar-refractivity contribution < 1.29 is 9.59 Å². The number of carbonyl (C=O) groups excluding carboxylic acids is 2. The van der Waals surface area contributed by atoms with Crippen LogP contribution in [-0.2, 0) is 7.05 Å². The molecule has 0 aliphatic heterocycles. The van der Waals surface area contributed by atoms with Gasteiger partial charge in [0.1, 0.15) is 15.6 Å². The predicted molar refractivity (Wildman–Crippen MR) is 117 cm³/mol. The molecule has 3 aromatic heterocycles. The number of aromatic nitrogens is 5. The Kier molecular flexibility index (Phi) is 5.38. The molecule has 3 N–H and O–H groups in total. The van der Waals surface area contributed by atoms with Crippen molar-refractivity contribution >= 4 is 23.2 Å². The third-order valence-electron chi connectivity index (χ3n) is 4.90. The minimum atomic E-state index is -0.503. The number of rotatable bonds is 4. The van der Waals surface area contributed by atoms with Gasteiger partial charge in [0.25, 0.3) is 11.8 Å². The van der Waals surface area contributed by atoms with Crippen molar-refractivity contribution in [3.8, 4) is 21.8 Å². The average Bonchev–Trinajstić information content (AvgIpc) is 3.45. The van der Waals surface area contributed by atoms with E-state index in [9.17, 15) is 9.59 Å². The van der Waals surface area contributed by atoms with E-state index in [1.54, 1.807) is 17.7 Å². The summed E-state index contributed by atoms with van der Waals surface area (Å²) in [5.41, 5.74) is 9.88. The first-order valence-corrected chi connectivity index (χ1v) is 10.4. The van der Waals surface area contributed by atoms with E-state index in [1.807, 2.05) is 51.2 Å². The van der Waals surface area contributed by atoms with Crippen LogP contribution in [0.1, 0.15) is 37.2 Å². The number of carbonyl (C=O) groups is 2. The van der Waals surface area contributed by atoms with Crippen LogP contribution in [-0.4, -0.2) is 36.8 Å². The summed E-state index contributed by atoms with van der Waals surface area (Å²) in [7, 11) is 1.85. The average molecular weight is 436 g/mol. The Labute approximate surface area is 182 Å². The SMILES string of the molecule is Cc1nc(-c2ccccc2)sc1C(=O)NNC(=O)c1cc(-c2c(C)nn(C)c2C)n[nH]1. The molecule has 0 fully saturated rings. The van der Waals surface area contributed by atoms with E-state index in [4.69, 9.17) is 0 Å². The minimum absolute atomic E-state index is 0.226. The molecule has 0 unspecified atom stereocenters. The lowest BCUT2D eigenvalue weighted by Crippen LogP contribution is -2.41. The van der Waals surface area contributed by atoms with E-state index in [-0.39, 0.29) is 5.69 Å². The lowest BCUT2D eigenvalue weighted by atomic mass is 10.1. The Balaban J connectivity index is 1.44. The van der Waals surface area contributed by atoms with E-state index >= 15 is 0 Å². The molecule has 0 aliphatic rings. The fourth-order valence-corrected chi connectivity index (χ4v) is 4.23. The molecular weight excluding hydrogens is 414 g/mol. The Morgan fingerprint density at radius 1 is 1.03 bits per heavy atom. The summed E-state index contributed by atoms with van der Waals surface area (Å²) in [6.07, 6.45) is 0. The summed E-state index contributed by atoms with van der Waals surface area (Å²) in [6, 6.07) is 11.2. The molecule has 0 saturated heterocycles. The van der Waals surface area contributed by atoms with Gasteiger partial charge in [-0.2, -0.15) is 10.2 Å². The highest BCUT2D eigenvalue weighted by molar-refractivity contribution is 7.17. The summed E-state index contributed by atoms with van der Waals surface area (Å²) in [5, 5.41) is 12.0. The van der Waals surface area contributed by atoms with Gasteiger partial charge in [0.2, 0.25) is 0 Å². The molecule has 0 atom stereocenters. The normalized spacial score (nSPS) is 10.8. The fourth-order valence-electron chi connectivity index (χ4n) is 3.26. The van der Waals surface area contributed by atoms with Gasteiger partial charge in [0.05, 0.1) is 17.1 Å². The Morgan fingerprint density at radius 2 is 1.74 bits per heavy atom. The van der Waals surface area contributed by atoms with Gasteiger partial charge in [-0.15, -0.1) is 11.3 Å². The van der Waals surface area contributed by atoms with Crippen LogP contribution in [0.5, 0.6) is 0 Å². The van der Waals surface area contributed by atoms with Crippen LogP contribution in [0, 0.1) is 20.8 Å². The van der Waals surface area contributed by atoms with Crippen LogP contribution in [0.3, 0.4) is 0 Å². The number of hydrazine groups is 1. The van der Waals surface area contributed by atoms with Crippen molar-refractivity contribution in [2.45, 2.75) is 20.8 Å². The van der Waals surface area contributed by atoms with Crippen molar-refractivity contribution in [3.63, 3.8) is 0 Å². The van der Waals surface area contributed by atoms with Gasteiger partial charge in [0, 0.05) is 23.9 Å².